The van der Waals surface area contributed by atoms with E-state index in [1.54, 1.807) is 18.0 Å². The molecule has 0 saturated carbocycles. The van der Waals surface area contributed by atoms with Gasteiger partial charge in [0.15, 0.2) is 0 Å². The number of halogens is 1. The number of nitrogens with zero attached hydrogens (tertiary/aromatic N) is 3. The number of benzene rings is 1. The fourth-order valence-electron chi connectivity index (χ4n) is 1.38. The van der Waals surface area contributed by atoms with Crippen LogP contribution in [0.1, 0.15) is 5.69 Å². The summed E-state index contributed by atoms with van der Waals surface area (Å²) in [5, 5.41) is 7.83. The van der Waals surface area contributed by atoms with Crippen molar-refractivity contribution in [1.29, 1.82) is 0 Å². The lowest BCUT2D eigenvalue weighted by molar-refractivity contribution is 0.414. The zero-order valence-corrected chi connectivity index (χ0v) is 10.3. The van der Waals surface area contributed by atoms with Gasteiger partial charge >= 0.3 is 0 Å². The highest BCUT2D eigenvalue weighted by Crippen LogP contribution is 2.25. The van der Waals surface area contributed by atoms with Gasteiger partial charge in [-0.05, 0) is 28.1 Å². The van der Waals surface area contributed by atoms with E-state index in [2.05, 4.69) is 26.2 Å². The Morgan fingerprint density at radius 3 is 3.00 bits per heavy atom. The predicted octanol–water partition coefficient (Wildman–Crippen LogP) is 1.50. The Morgan fingerprint density at radius 1 is 1.50 bits per heavy atom. The maximum Gasteiger partial charge on any atom is 0.121 e. The summed E-state index contributed by atoms with van der Waals surface area (Å²) < 4.78 is 7.77. The van der Waals surface area contributed by atoms with E-state index in [9.17, 15) is 0 Å². The molecular weight excluding hydrogens is 272 g/mol. The number of methoxy groups -OCH3 is 1. The van der Waals surface area contributed by atoms with E-state index < -0.39 is 0 Å². The molecule has 2 aromatic rings. The van der Waals surface area contributed by atoms with Gasteiger partial charge in [-0.3, -0.25) is 0 Å². The quantitative estimate of drug-likeness (QED) is 0.927. The van der Waals surface area contributed by atoms with Crippen molar-refractivity contribution in [2.75, 3.05) is 7.11 Å². The number of hydrogen-bond acceptors (Lipinski definition) is 4. The number of rotatable bonds is 3. The second-order valence-electron chi connectivity index (χ2n) is 3.16. The van der Waals surface area contributed by atoms with Gasteiger partial charge in [0, 0.05) is 17.1 Å². The third kappa shape index (κ3) is 1.94. The second-order valence-corrected chi connectivity index (χ2v) is 4.01. The first kappa shape index (κ1) is 11.1. The zero-order valence-electron chi connectivity index (χ0n) is 8.72. The number of aromatic nitrogens is 3. The highest BCUT2D eigenvalue weighted by Gasteiger charge is 2.09. The van der Waals surface area contributed by atoms with E-state index in [1.807, 2.05) is 18.2 Å². The van der Waals surface area contributed by atoms with Crippen LogP contribution in [0.2, 0.25) is 0 Å². The van der Waals surface area contributed by atoms with Crippen molar-refractivity contribution in [3.05, 3.63) is 34.6 Å². The lowest BCUT2D eigenvalue weighted by Crippen LogP contribution is -2.07. The van der Waals surface area contributed by atoms with Gasteiger partial charge < -0.3 is 10.5 Å². The van der Waals surface area contributed by atoms with Gasteiger partial charge in [-0.25, -0.2) is 4.68 Å². The molecule has 0 fully saturated rings. The van der Waals surface area contributed by atoms with Crippen molar-refractivity contribution >= 4 is 15.9 Å². The summed E-state index contributed by atoms with van der Waals surface area (Å²) in [5.41, 5.74) is 7.31. The molecule has 0 aliphatic rings. The van der Waals surface area contributed by atoms with E-state index in [0.717, 1.165) is 21.6 Å². The van der Waals surface area contributed by atoms with Crippen LogP contribution in [0.5, 0.6) is 5.75 Å². The number of nitrogens with two attached hydrogens (primary N) is 1. The number of ether oxygens (including phenoxy) is 1. The topological polar surface area (TPSA) is 66.0 Å². The third-order valence-corrected chi connectivity index (χ3v) is 2.88. The van der Waals surface area contributed by atoms with Crippen LogP contribution in [0.15, 0.2) is 28.9 Å². The van der Waals surface area contributed by atoms with Gasteiger partial charge in [0.2, 0.25) is 0 Å². The molecule has 0 unspecified atom stereocenters. The molecule has 0 radical (unpaired) electrons. The summed E-state index contributed by atoms with van der Waals surface area (Å²) in [6.07, 6.45) is 1.64. The smallest absolute Gasteiger partial charge is 0.121 e. The maximum absolute atomic E-state index is 5.61. The van der Waals surface area contributed by atoms with Gasteiger partial charge in [0.1, 0.15) is 5.75 Å². The Balaban J connectivity index is 2.54. The fraction of sp³-hybridized carbons (Fsp3) is 0.200. The molecule has 2 N–H and O–H groups in total. The predicted molar refractivity (Wildman–Crippen MR) is 63.5 cm³/mol. The lowest BCUT2D eigenvalue weighted by atomic mass is 10.3. The normalized spacial score (nSPS) is 10.4. The Hall–Kier alpha value is -1.40. The van der Waals surface area contributed by atoms with Crippen LogP contribution in [0.4, 0.5) is 0 Å². The summed E-state index contributed by atoms with van der Waals surface area (Å²) in [4.78, 5) is 0. The fourth-order valence-corrected chi connectivity index (χ4v) is 1.79. The molecule has 16 heavy (non-hydrogen) atoms. The molecule has 0 aliphatic heterocycles. The molecule has 1 aromatic carbocycles. The van der Waals surface area contributed by atoms with Crippen LogP contribution >= 0.6 is 15.9 Å². The molecule has 0 spiro atoms. The van der Waals surface area contributed by atoms with Crippen LogP contribution in [0, 0.1) is 0 Å². The molecule has 0 amide bonds. The van der Waals surface area contributed by atoms with Crippen molar-refractivity contribution in [3.63, 3.8) is 0 Å². The highest BCUT2D eigenvalue weighted by molar-refractivity contribution is 9.10. The maximum atomic E-state index is 5.61. The minimum Gasteiger partial charge on any atom is -0.497 e. The highest BCUT2D eigenvalue weighted by atomic mass is 79.9. The first-order valence-corrected chi connectivity index (χ1v) is 5.49. The van der Waals surface area contributed by atoms with Gasteiger partial charge in [-0.1, -0.05) is 5.21 Å². The first-order chi connectivity index (χ1) is 7.76. The van der Waals surface area contributed by atoms with Crippen LogP contribution in [-0.2, 0) is 6.54 Å². The van der Waals surface area contributed by atoms with Crippen LogP contribution in [0.3, 0.4) is 0 Å². The molecule has 2 rings (SSSR count). The Bertz CT molecular complexity index is 497. The van der Waals surface area contributed by atoms with Crippen molar-refractivity contribution in [2.24, 2.45) is 5.73 Å². The summed E-state index contributed by atoms with van der Waals surface area (Å²) >= 11 is 3.46. The van der Waals surface area contributed by atoms with Gasteiger partial charge in [0.05, 0.1) is 24.7 Å². The first-order valence-electron chi connectivity index (χ1n) is 4.70. The third-order valence-electron chi connectivity index (χ3n) is 2.21. The Morgan fingerprint density at radius 2 is 2.31 bits per heavy atom. The Kier molecular flexibility index (Phi) is 3.21. The summed E-state index contributed by atoms with van der Waals surface area (Å²) in [7, 11) is 1.62. The molecular formula is C10H11BrN4O. The van der Waals surface area contributed by atoms with Crippen molar-refractivity contribution in [3.8, 4) is 11.4 Å². The standard InChI is InChI=1S/C10H11BrN4O/c1-16-8-2-3-9(11)10(4-8)15-7(5-12)6-13-14-15/h2-4,6H,5,12H2,1H3. The molecule has 6 heteroatoms. The second kappa shape index (κ2) is 4.63. The summed E-state index contributed by atoms with van der Waals surface area (Å²) in [6, 6.07) is 5.64. The molecule has 1 aromatic heterocycles. The molecule has 5 nitrogen and oxygen atoms in total. The van der Waals surface area contributed by atoms with Crippen molar-refractivity contribution in [1.82, 2.24) is 15.0 Å². The minimum absolute atomic E-state index is 0.386. The monoisotopic (exact) mass is 282 g/mol. The minimum atomic E-state index is 0.386. The van der Waals surface area contributed by atoms with Gasteiger partial charge in [0.25, 0.3) is 0 Å². The molecule has 0 saturated heterocycles. The van der Waals surface area contributed by atoms with E-state index in [-0.39, 0.29) is 0 Å². The van der Waals surface area contributed by atoms with Crippen molar-refractivity contribution in [2.45, 2.75) is 6.54 Å². The van der Waals surface area contributed by atoms with Crippen LogP contribution in [0.25, 0.3) is 5.69 Å². The average Bonchev–Trinajstić information content (AvgIpc) is 2.77. The largest absolute Gasteiger partial charge is 0.497 e. The number of hydrogen-bond donors (Lipinski definition) is 1. The van der Waals surface area contributed by atoms with Gasteiger partial charge in [-0.15, -0.1) is 5.10 Å². The van der Waals surface area contributed by atoms with E-state index >= 15 is 0 Å². The SMILES string of the molecule is COc1ccc(Br)c(-n2nncc2CN)c1. The molecule has 0 bridgehead atoms. The summed E-state index contributed by atoms with van der Waals surface area (Å²) in [6.45, 7) is 0.386. The molecule has 84 valence electrons. The average molecular weight is 283 g/mol. The van der Waals surface area contributed by atoms with Crippen molar-refractivity contribution < 1.29 is 4.74 Å². The zero-order chi connectivity index (χ0) is 11.5. The molecule has 0 atom stereocenters. The van der Waals surface area contributed by atoms with Crippen LogP contribution < -0.4 is 10.5 Å². The molecule has 1 heterocycles. The van der Waals surface area contributed by atoms with Gasteiger partial charge in [-0.2, -0.15) is 0 Å². The lowest BCUT2D eigenvalue weighted by Gasteiger charge is -2.08. The Labute approximate surface area is 101 Å². The van der Waals surface area contributed by atoms with Crippen LogP contribution in [-0.4, -0.2) is 22.1 Å². The van der Waals surface area contributed by atoms with E-state index in [1.165, 1.54) is 0 Å². The summed E-state index contributed by atoms with van der Waals surface area (Å²) in [5.74, 6) is 0.761. The molecule has 0 aliphatic carbocycles. The van der Waals surface area contributed by atoms with E-state index in [4.69, 9.17) is 10.5 Å². The van der Waals surface area contributed by atoms with E-state index in [0.29, 0.717) is 6.54 Å².